The highest BCUT2D eigenvalue weighted by atomic mass is 31.2. The fraction of sp³-hybridized carbons (Fsp3) is 0.587. The number of quaternary nitrogens is 1. The van der Waals surface area contributed by atoms with Gasteiger partial charge >= 0.3 is 13.8 Å². The average Bonchev–Trinajstić information content (AvgIpc) is 3.13. The van der Waals surface area contributed by atoms with Gasteiger partial charge in [-0.3, -0.25) is 13.8 Å². The zero-order valence-electron chi connectivity index (χ0n) is 35.1. The number of phosphoric ester groups is 1. The summed E-state index contributed by atoms with van der Waals surface area (Å²) < 4.78 is 34.8. The van der Waals surface area contributed by atoms with Crippen LogP contribution < -0.4 is 0 Å². The van der Waals surface area contributed by atoms with Crippen LogP contribution in [0.1, 0.15) is 117 Å². The summed E-state index contributed by atoms with van der Waals surface area (Å²) in [7, 11) is 1.57. The number of likely N-dealkylation sites (N-methyl/N-ethyl adjacent to an activating group) is 1. The number of carbonyl (C=O) groups excluding carboxylic acids is 1. The lowest BCUT2D eigenvalue weighted by Gasteiger charge is -2.24. The predicted octanol–water partition coefficient (Wildman–Crippen LogP) is 12.0. The number of allylic oxidation sites excluding steroid dienone is 17. The van der Waals surface area contributed by atoms with Crippen molar-refractivity contribution in [3.8, 4) is 0 Å². The molecule has 55 heavy (non-hydrogen) atoms. The Morgan fingerprint density at radius 3 is 1.49 bits per heavy atom. The van der Waals surface area contributed by atoms with Crippen molar-refractivity contribution in [2.75, 3.05) is 54.1 Å². The highest BCUT2D eigenvalue weighted by molar-refractivity contribution is 7.47. The molecule has 0 aliphatic rings. The molecule has 0 aromatic rings. The third-order valence-electron chi connectivity index (χ3n) is 7.86. The Labute approximate surface area is 336 Å². The van der Waals surface area contributed by atoms with E-state index in [1.54, 1.807) is 6.08 Å². The number of hydrogen-bond acceptors (Lipinski definition) is 6. The molecule has 0 aliphatic carbocycles. The second-order valence-electron chi connectivity index (χ2n) is 14.3. The number of ether oxygens (including phenoxy) is 2. The molecule has 0 aliphatic heterocycles. The molecule has 0 rings (SSSR count). The topological polar surface area (TPSA) is 91.3 Å². The van der Waals surface area contributed by atoms with E-state index in [-0.39, 0.29) is 26.2 Å². The molecule has 0 bridgehead atoms. The minimum absolute atomic E-state index is 0.0613. The van der Waals surface area contributed by atoms with Crippen LogP contribution in [0.5, 0.6) is 0 Å². The number of nitrogens with zero attached hydrogens (tertiary/aromatic N) is 1. The third-order valence-corrected chi connectivity index (χ3v) is 8.85. The van der Waals surface area contributed by atoms with E-state index in [1.807, 2.05) is 27.2 Å². The molecular formula is C46H77NO7P+. The van der Waals surface area contributed by atoms with Gasteiger partial charge in [-0.1, -0.05) is 142 Å². The monoisotopic (exact) mass is 787 g/mol. The molecule has 1 N–H and O–H groups in total. The Morgan fingerprint density at radius 2 is 1.00 bits per heavy atom. The van der Waals surface area contributed by atoms with Crippen LogP contribution in [0.4, 0.5) is 0 Å². The SMILES string of the molecule is CC/C=C\C/C=C\C/C=C\C/C=C\C/C=C\CC(=O)OC(COCCCCCCC/C=C\C/C=C\C/C=C\C/C=C\CC)COP(=O)(O)OCC[N+](C)(C)C. The number of carbonyl (C=O) groups is 1. The van der Waals surface area contributed by atoms with Gasteiger partial charge in [0.25, 0.3) is 0 Å². The van der Waals surface area contributed by atoms with E-state index in [0.29, 0.717) is 24.1 Å². The van der Waals surface area contributed by atoms with E-state index in [0.717, 1.165) is 77.0 Å². The maximum absolute atomic E-state index is 12.6. The zero-order valence-corrected chi connectivity index (χ0v) is 36.0. The van der Waals surface area contributed by atoms with Crippen LogP contribution in [0, 0.1) is 0 Å². The minimum atomic E-state index is -4.31. The lowest BCUT2D eigenvalue weighted by atomic mass is 10.1. The average molecular weight is 787 g/mol. The van der Waals surface area contributed by atoms with Crippen LogP contribution in [-0.2, 0) is 27.9 Å². The molecule has 0 saturated heterocycles. The Bertz CT molecular complexity index is 1240. The van der Waals surface area contributed by atoms with Gasteiger partial charge in [0.1, 0.15) is 19.3 Å². The largest absolute Gasteiger partial charge is 0.472 e. The van der Waals surface area contributed by atoms with Crippen molar-refractivity contribution in [2.24, 2.45) is 0 Å². The first-order valence-corrected chi connectivity index (χ1v) is 22.1. The minimum Gasteiger partial charge on any atom is -0.457 e. The van der Waals surface area contributed by atoms with Crippen molar-refractivity contribution in [2.45, 2.75) is 123 Å². The van der Waals surface area contributed by atoms with Gasteiger partial charge in [-0.2, -0.15) is 0 Å². The predicted molar refractivity (Wildman–Crippen MR) is 233 cm³/mol. The summed E-state index contributed by atoms with van der Waals surface area (Å²) >= 11 is 0. The quantitative estimate of drug-likeness (QED) is 0.0222. The van der Waals surface area contributed by atoms with E-state index in [1.165, 1.54) is 12.8 Å². The molecule has 0 amide bonds. The summed E-state index contributed by atoms with van der Waals surface area (Å²) in [5, 5.41) is 0. The molecule has 2 atom stereocenters. The Balaban J connectivity index is 4.46. The van der Waals surface area contributed by atoms with Crippen molar-refractivity contribution >= 4 is 13.8 Å². The molecule has 0 spiro atoms. The summed E-state index contributed by atoms with van der Waals surface area (Å²) in [6.45, 7) is 5.16. The summed E-state index contributed by atoms with van der Waals surface area (Å²) in [5.41, 5.74) is 0. The van der Waals surface area contributed by atoms with Gasteiger partial charge in [0.05, 0.1) is 40.8 Å². The number of unbranched alkanes of at least 4 members (excludes halogenated alkanes) is 5. The molecular weight excluding hydrogens is 709 g/mol. The van der Waals surface area contributed by atoms with E-state index in [2.05, 4.69) is 111 Å². The number of rotatable bonds is 36. The standard InChI is InChI=1S/C46H76NO7P/c1-6-8-10-12-14-16-18-20-22-23-24-26-28-30-32-34-36-38-41-51-43-45(44-53-55(49,50)52-42-40-47(3,4)5)54-46(48)39-37-35-33-31-29-27-25-21-19-17-15-13-11-9-7-2/h8-11,14-17,20-22,24-26,29,31,35,37,45H,6-7,12-13,18-19,23,27-28,30,32-34,36,38-44H2,1-5H3/p+1/b10-8-,11-9-,16-14-,17-15-,22-20-,25-21-,26-24-,31-29-,37-35-. The van der Waals surface area contributed by atoms with Gasteiger partial charge in [-0.25, -0.2) is 4.57 Å². The lowest BCUT2D eigenvalue weighted by molar-refractivity contribution is -0.870. The number of esters is 1. The Morgan fingerprint density at radius 1 is 0.564 bits per heavy atom. The fourth-order valence-electron chi connectivity index (χ4n) is 4.73. The normalized spacial score (nSPS) is 14.9. The van der Waals surface area contributed by atoms with Crippen LogP contribution in [0.2, 0.25) is 0 Å². The number of phosphoric acid groups is 1. The molecule has 9 heteroatoms. The molecule has 0 aromatic carbocycles. The maximum atomic E-state index is 12.6. The lowest BCUT2D eigenvalue weighted by Crippen LogP contribution is -2.37. The van der Waals surface area contributed by atoms with Crippen molar-refractivity contribution in [3.63, 3.8) is 0 Å². The Hall–Kier alpha value is -2.84. The third kappa shape index (κ3) is 42.1. The summed E-state index contributed by atoms with van der Waals surface area (Å²) in [6.07, 6.45) is 53.0. The molecule has 0 aromatic heterocycles. The molecule has 8 nitrogen and oxygen atoms in total. The van der Waals surface area contributed by atoms with Crippen LogP contribution in [0.15, 0.2) is 109 Å². The van der Waals surface area contributed by atoms with Crippen LogP contribution >= 0.6 is 7.82 Å². The summed E-state index contributed by atoms with van der Waals surface area (Å²) in [4.78, 5) is 22.8. The number of hydrogen-bond donors (Lipinski definition) is 1. The van der Waals surface area contributed by atoms with E-state index >= 15 is 0 Å². The van der Waals surface area contributed by atoms with E-state index in [9.17, 15) is 14.3 Å². The van der Waals surface area contributed by atoms with Crippen molar-refractivity contribution in [1.29, 1.82) is 0 Å². The molecule has 2 unspecified atom stereocenters. The fourth-order valence-corrected chi connectivity index (χ4v) is 5.48. The van der Waals surface area contributed by atoms with Gasteiger partial charge in [0.15, 0.2) is 0 Å². The van der Waals surface area contributed by atoms with E-state index in [4.69, 9.17) is 18.5 Å². The summed E-state index contributed by atoms with van der Waals surface area (Å²) in [5.74, 6) is -0.453. The van der Waals surface area contributed by atoms with Crippen molar-refractivity contribution in [1.82, 2.24) is 0 Å². The first-order valence-electron chi connectivity index (χ1n) is 20.6. The second kappa shape index (κ2) is 38.1. The van der Waals surface area contributed by atoms with Gasteiger partial charge in [-0.15, -0.1) is 0 Å². The van der Waals surface area contributed by atoms with Gasteiger partial charge in [0.2, 0.25) is 0 Å². The van der Waals surface area contributed by atoms with Crippen LogP contribution in [0.25, 0.3) is 0 Å². The van der Waals surface area contributed by atoms with E-state index < -0.39 is 19.9 Å². The smallest absolute Gasteiger partial charge is 0.457 e. The van der Waals surface area contributed by atoms with Crippen molar-refractivity contribution < 1.29 is 37.3 Å². The molecule has 0 fully saturated rings. The van der Waals surface area contributed by atoms with Gasteiger partial charge in [0, 0.05) is 6.61 Å². The highest BCUT2D eigenvalue weighted by Gasteiger charge is 2.26. The molecule has 312 valence electrons. The van der Waals surface area contributed by atoms with Crippen LogP contribution in [-0.4, -0.2) is 75.6 Å². The molecule has 0 heterocycles. The van der Waals surface area contributed by atoms with Gasteiger partial charge < -0.3 is 18.9 Å². The highest BCUT2D eigenvalue weighted by Crippen LogP contribution is 2.43. The molecule has 0 radical (unpaired) electrons. The maximum Gasteiger partial charge on any atom is 0.472 e. The first kappa shape index (κ1) is 52.2. The molecule has 0 saturated carbocycles. The van der Waals surface area contributed by atoms with Gasteiger partial charge in [-0.05, 0) is 77.0 Å². The second-order valence-corrected chi connectivity index (χ2v) is 15.7. The van der Waals surface area contributed by atoms with Crippen LogP contribution in [0.3, 0.4) is 0 Å². The van der Waals surface area contributed by atoms with Crippen molar-refractivity contribution in [3.05, 3.63) is 109 Å². The Kier molecular flexibility index (Phi) is 36.1. The first-order chi connectivity index (χ1) is 26.6. The summed E-state index contributed by atoms with van der Waals surface area (Å²) in [6, 6.07) is 0. The zero-order chi connectivity index (χ0) is 40.6.